The molecule has 0 radical (unpaired) electrons. The summed E-state index contributed by atoms with van der Waals surface area (Å²) in [4.78, 5) is 0. The maximum atomic E-state index is 2.38. The lowest BCUT2D eigenvalue weighted by Crippen LogP contribution is -1.83. The van der Waals surface area contributed by atoms with Gasteiger partial charge in [-0.2, -0.15) is 0 Å². The van der Waals surface area contributed by atoms with Crippen LogP contribution in [0.4, 0.5) is 0 Å². The molecule has 70 valence electrons. The fourth-order valence-electron chi connectivity index (χ4n) is 2.42. The Labute approximate surface area is 85.0 Å². The molecule has 0 heteroatoms. The molecule has 0 heterocycles. The van der Waals surface area contributed by atoms with Gasteiger partial charge in [-0.3, -0.25) is 0 Å². The third kappa shape index (κ3) is 1.31. The van der Waals surface area contributed by atoms with Crippen molar-refractivity contribution in [3.63, 3.8) is 0 Å². The van der Waals surface area contributed by atoms with E-state index < -0.39 is 0 Å². The monoisotopic (exact) mass is 182 g/mol. The van der Waals surface area contributed by atoms with E-state index in [4.69, 9.17) is 0 Å². The molecule has 2 atom stereocenters. The highest BCUT2D eigenvalue weighted by atomic mass is 14.5. The normalized spacial score (nSPS) is 31.6. The lowest BCUT2D eigenvalue weighted by atomic mass is 10.1. The van der Waals surface area contributed by atoms with Crippen molar-refractivity contribution in [2.24, 2.45) is 11.8 Å². The molecule has 0 saturated heterocycles. The smallest absolute Gasteiger partial charge is 0.00491 e. The summed E-state index contributed by atoms with van der Waals surface area (Å²) in [6.45, 7) is 0. The van der Waals surface area contributed by atoms with Crippen LogP contribution >= 0.6 is 0 Å². The molecule has 3 rings (SSSR count). The van der Waals surface area contributed by atoms with E-state index in [-0.39, 0.29) is 0 Å². The molecule has 0 bridgehead atoms. The Kier molecular flexibility index (Phi) is 1.80. The largest absolute Gasteiger partial charge is 0.0879 e. The van der Waals surface area contributed by atoms with Gasteiger partial charge in [-0.1, -0.05) is 54.1 Å². The third-order valence-electron chi connectivity index (χ3n) is 3.26. The minimum atomic E-state index is 0.781. The van der Waals surface area contributed by atoms with Crippen LogP contribution in [0.25, 0.3) is 6.08 Å². The fourth-order valence-corrected chi connectivity index (χ4v) is 2.42. The third-order valence-corrected chi connectivity index (χ3v) is 3.26. The van der Waals surface area contributed by atoms with Gasteiger partial charge in [0.2, 0.25) is 0 Å². The molecule has 1 aromatic rings. The predicted octanol–water partition coefficient (Wildman–Crippen LogP) is 3.67. The summed E-state index contributed by atoms with van der Waals surface area (Å²) >= 11 is 0. The van der Waals surface area contributed by atoms with E-state index >= 15 is 0 Å². The van der Waals surface area contributed by atoms with Crippen LogP contribution < -0.4 is 0 Å². The lowest BCUT2D eigenvalue weighted by molar-refractivity contribution is 0.689. The summed E-state index contributed by atoms with van der Waals surface area (Å²) in [5, 5.41) is 0. The van der Waals surface area contributed by atoms with Crippen molar-refractivity contribution in [3.8, 4) is 0 Å². The average molecular weight is 182 g/mol. The predicted molar refractivity (Wildman–Crippen MR) is 59.8 cm³/mol. The summed E-state index contributed by atoms with van der Waals surface area (Å²) in [6.07, 6.45) is 9.70. The van der Waals surface area contributed by atoms with Gasteiger partial charge in [-0.05, 0) is 24.3 Å². The van der Waals surface area contributed by atoms with E-state index in [0.29, 0.717) is 0 Å². The Bertz CT molecular complexity index is 384. The van der Waals surface area contributed by atoms with Crippen LogP contribution in [0.1, 0.15) is 18.4 Å². The molecule has 0 spiro atoms. The Balaban J connectivity index is 1.85. The lowest BCUT2D eigenvalue weighted by Gasteiger charge is -1.96. The zero-order valence-electron chi connectivity index (χ0n) is 8.19. The standard InChI is InChI=1S/C14H14/c1-2-6-11(7-3-1)10-14-12-8-4-5-9-13(12)14/h1-4,6-8,10,12-13H,5,9H2/b14-10+/t12-,13+/m0/s1. The molecule has 1 aromatic carbocycles. The minimum absolute atomic E-state index is 0.781. The van der Waals surface area contributed by atoms with Gasteiger partial charge in [0.15, 0.2) is 0 Å². The molecule has 0 aromatic heterocycles. The highest BCUT2D eigenvalue weighted by Crippen LogP contribution is 2.52. The van der Waals surface area contributed by atoms with Crippen molar-refractivity contribution in [1.82, 2.24) is 0 Å². The van der Waals surface area contributed by atoms with E-state index in [1.165, 1.54) is 18.4 Å². The molecule has 2 aliphatic carbocycles. The highest BCUT2D eigenvalue weighted by molar-refractivity contribution is 5.60. The highest BCUT2D eigenvalue weighted by Gasteiger charge is 2.42. The van der Waals surface area contributed by atoms with Crippen molar-refractivity contribution >= 4 is 6.08 Å². The van der Waals surface area contributed by atoms with Crippen LogP contribution in [0.15, 0.2) is 48.1 Å². The van der Waals surface area contributed by atoms with Crippen LogP contribution in [-0.4, -0.2) is 0 Å². The Hall–Kier alpha value is -1.30. The van der Waals surface area contributed by atoms with Gasteiger partial charge in [-0.15, -0.1) is 0 Å². The number of fused-ring (bicyclic) bond motifs is 1. The van der Waals surface area contributed by atoms with Crippen LogP contribution in [-0.2, 0) is 0 Å². The first-order valence-corrected chi connectivity index (χ1v) is 5.38. The van der Waals surface area contributed by atoms with Crippen molar-refractivity contribution in [2.45, 2.75) is 12.8 Å². The van der Waals surface area contributed by atoms with Gasteiger partial charge in [0.05, 0.1) is 0 Å². The maximum Gasteiger partial charge on any atom is 0.00491 e. The van der Waals surface area contributed by atoms with E-state index in [1.807, 2.05) is 0 Å². The van der Waals surface area contributed by atoms with Gasteiger partial charge in [0.25, 0.3) is 0 Å². The Morgan fingerprint density at radius 1 is 1.14 bits per heavy atom. The summed E-state index contributed by atoms with van der Waals surface area (Å²) in [5.41, 5.74) is 3.00. The molecular weight excluding hydrogens is 168 g/mol. The Morgan fingerprint density at radius 3 is 2.71 bits per heavy atom. The van der Waals surface area contributed by atoms with Gasteiger partial charge in [0, 0.05) is 5.92 Å². The van der Waals surface area contributed by atoms with Crippen molar-refractivity contribution in [2.75, 3.05) is 0 Å². The number of hydrogen-bond acceptors (Lipinski definition) is 0. The van der Waals surface area contributed by atoms with Crippen LogP contribution in [0.5, 0.6) is 0 Å². The number of hydrogen-bond donors (Lipinski definition) is 0. The molecule has 0 aliphatic heterocycles. The summed E-state index contributed by atoms with van der Waals surface area (Å²) in [6, 6.07) is 10.6. The van der Waals surface area contributed by atoms with Crippen molar-refractivity contribution < 1.29 is 0 Å². The van der Waals surface area contributed by atoms with Crippen molar-refractivity contribution in [1.29, 1.82) is 0 Å². The molecule has 0 N–H and O–H groups in total. The van der Waals surface area contributed by atoms with E-state index in [0.717, 1.165) is 11.8 Å². The van der Waals surface area contributed by atoms with E-state index in [2.05, 4.69) is 48.6 Å². The molecule has 1 saturated carbocycles. The zero-order valence-corrected chi connectivity index (χ0v) is 8.19. The molecule has 0 unspecified atom stereocenters. The molecule has 0 amide bonds. The van der Waals surface area contributed by atoms with E-state index in [9.17, 15) is 0 Å². The fraction of sp³-hybridized carbons (Fsp3) is 0.286. The zero-order chi connectivity index (χ0) is 9.38. The quantitative estimate of drug-likeness (QED) is 0.581. The second kappa shape index (κ2) is 3.13. The number of allylic oxidation sites excluding steroid dienone is 3. The molecule has 0 nitrogen and oxygen atoms in total. The molecule has 14 heavy (non-hydrogen) atoms. The maximum absolute atomic E-state index is 2.38. The average Bonchev–Trinajstić information content (AvgIpc) is 2.94. The topological polar surface area (TPSA) is 0 Å². The van der Waals surface area contributed by atoms with Crippen LogP contribution in [0.3, 0.4) is 0 Å². The van der Waals surface area contributed by atoms with Gasteiger partial charge in [-0.25, -0.2) is 0 Å². The minimum Gasteiger partial charge on any atom is -0.0879 e. The Morgan fingerprint density at radius 2 is 2.00 bits per heavy atom. The van der Waals surface area contributed by atoms with Crippen molar-refractivity contribution in [3.05, 3.63) is 53.6 Å². The second-order valence-electron chi connectivity index (χ2n) is 4.19. The van der Waals surface area contributed by atoms with E-state index in [1.54, 1.807) is 5.57 Å². The summed E-state index contributed by atoms with van der Waals surface area (Å²) < 4.78 is 0. The second-order valence-corrected chi connectivity index (χ2v) is 4.19. The summed E-state index contributed by atoms with van der Waals surface area (Å²) in [7, 11) is 0. The van der Waals surface area contributed by atoms with Gasteiger partial charge >= 0.3 is 0 Å². The first-order valence-electron chi connectivity index (χ1n) is 5.38. The first-order chi connectivity index (χ1) is 6.95. The number of benzene rings is 1. The number of rotatable bonds is 1. The van der Waals surface area contributed by atoms with Crippen LogP contribution in [0, 0.1) is 11.8 Å². The molecule has 1 fully saturated rings. The summed E-state index contributed by atoms with van der Waals surface area (Å²) in [5.74, 6) is 1.66. The van der Waals surface area contributed by atoms with Crippen LogP contribution in [0.2, 0.25) is 0 Å². The SMILES string of the molecule is C1=C[C@@H]2/C(=C\c3ccccc3)[C@@H]2CC1. The first kappa shape index (κ1) is 8.05. The molecular formula is C14H14. The van der Waals surface area contributed by atoms with Gasteiger partial charge < -0.3 is 0 Å². The van der Waals surface area contributed by atoms with Gasteiger partial charge in [0.1, 0.15) is 0 Å². The molecule has 2 aliphatic rings.